The number of amides is 1. The number of ether oxygens (including phenoxy) is 1. The quantitative estimate of drug-likeness (QED) is 0.739. The Morgan fingerprint density at radius 3 is 2.48 bits per heavy atom. The molecular weight excluding hydrogens is 340 g/mol. The summed E-state index contributed by atoms with van der Waals surface area (Å²) in [6, 6.07) is 14.8. The zero-order valence-corrected chi connectivity index (χ0v) is 14.9. The first-order valence-corrected chi connectivity index (χ1v) is 9.66. The van der Waals surface area contributed by atoms with Crippen LogP contribution in [0.4, 0.5) is 0 Å². The standard InChI is InChI=1S/C18H22N2O4S/c1-24-17-4-2-3-16(11-17)15-7-5-14(6-8-15)12-25(22,23)13-18(21)20-10-9-19/h2-8,11H,9-10,12-13,19H2,1H3,(H,20,21). The molecule has 1 amide bonds. The molecule has 3 N–H and O–H groups in total. The van der Waals surface area contributed by atoms with Crippen LogP contribution in [0.3, 0.4) is 0 Å². The number of nitrogens with two attached hydrogens (primary N) is 1. The topological polar surface area (TPSA) is 98.5 Å². The Balaban J connectivity index is 2.05. The number of nitrogens with one attached hydrogen (secondary N) is 1. The van der Waals surface area contributed by atoms with Crippen LogP contribution in [0.25, 0.3) is 11.1 Å². The lowest BCUT2D eigenvalue weighted by Gasteiger charge is -2.08. The van der Waals surface area contributed by atoms with Crippen LogP contribution in [-0.4, -0.2) is 40.3 Å². The Hall–Kier alpha value is -2.38. The second-order valence-corrected chi connectivity index (χ2v) is 7.66. The summed E-state index contributed by atoms with van der Waals surface area (Å²) in [5.74, 6) is -0.488. The van der Waals surface area contributed by atoms with Crippen LogP contribution < -0.4 is 15.8 Å². The summed E-state index contributed by atoms with van der Waals surface area (Å²) < 4.78 is 29.4. The molecule has 2 aromatic carbocycles. The molecule has 0 unspecified atom stereocenters. The van der Waals surface area contributed by atoms with E-state index in [0.29, 0.717) is 5.56 Å². The van der Waals surface area contributed by atoms with Crippen molar-refractivity contribution in [2.45, 2.75) is 5.75 Å². The summed E-state index contributed by atoms with van der Waals surface area (Å²) in [6.07, 6.45) is 0. The third-order valence-electron chi connectivity index (χ3n) is 3.56. The highest BCUT2D eigenvalue weighted by Gasteiger charge is 2.17. The largest absolute Gasteiger partial charge is 0.497 e. The highest BCUT2D eigenvalue weighted by molar-refractivity contribution is 7.91. The molecule has 0 atom stereocenters. The van der Waals surface area contributed by atoms with Gasteiger partial charge in [0.1, 0.15) is 11.5 Å². The number of carbonyl (C=O) groups is 1. The Labute approximate surface area is 147 Å². The predicted molar refractivity (Wildman–Crippen MR) is 98.0 cm³/mol. The van der Waals surface area contributed by atoms with E-state index >= 15 is 0 Å². The van der Waals surface area contributed by atoms with Gasteiger partial charge in [-0.25, -0.2) is 8.42 Å². The molecule has 0 radical (unpaired) electrons. The molecule has 2 rings (SSSR count). The Morgan fingerprint density at radius 1 is 1.12 bits per heavy atom. The van der Waals surface area contributed by atoms with Crippen molar-refractivity contribution < 1.29 is 17.9 Å². The van der Waals surface area contributed by atoms with Gasteiger partial charge in [-0.3, -0.25) is 4.79 Å². The maximum Gasteiger partial charge on any atom is 0.235 e. The zero-order chi connectivity index (χ0) is 18.3. The van der Waals surface area contributed by atoms with Crippen LogP contribution in [0.2, 0.25) is 0 Å². The van der Waals surface area contributed by atoms with Gasteiger partial charge in [0.2, 0.25) is 5.91 Å². The fourth-order valence-corrected chi connectivity index (χ4v) is 3.67. The number of methoxy groups -OCH3 is 1. The van der Waals surface area contributed by atoms with E-state index in [-0.39, 0.29) is 18.8 Å². The minimum absolute atomic E-state index is 0.179. The van der Waals surface area contributed by atoms with Gasteiger partial charge in [0.15, 0.2) is 9.84 Å². The number of hydrogen-bond donors (Lipinski definition) is 2. The number of carbonyl (C=O) groups excluding carboxylic acids is 1. The average molecular weight is 362 g/mol. The van der Waals surface area contributed by atoms with Crippen molar-refractivity contribution >= 4 is 15.7 Å². The van der Waals surface area contributed by atoms with E-state index < -0.39 is 21.5 Å². The van der Waals surface area contributed by atoms with Crippen molar-refractivity contribution in [1.29, 1.82) is 0 Å². The SMILES string of the molecule is COc1cccc(-c2ccc(CS(=O)(=O)CC(=O)NCCN)cc2)c1. The fourth-order valence-electron chi connectivity index (χ4n) is 2.36. The van der Waals surface area contributed by atoms with Gasteiger partial charge in [-0.1, -0.05) is 36.4 Å². The summed E-state index contributed by atoms with van der Waals surface area (Å²) in [6.45, 7) is 0.543. The number of hydrogen-bond acceptors (Lipinski definition) is 5. The molecule has 0 aliphatic carbocycles. The van der Waals surface area contributed by atoms with E-state index in [1.165, 1.54) is 0 Å². The average Bonchev–Trinajstić information content (AvgIpc) is 2.60. The van der Waals surface area contributed by atoms with Gasteiger partial charge >= 0.3 is 0 Å². The minimum Gasteiger partial charge on any atom is -0.497 e. The molecule has 134 valence electrons. The molecular formula is C18H22N2O4S. The van der Waals surface area contributed by atoms with E-state index in [1.807, 2.05) is 36.4 Å². The predicted octanol–water partition coefficient (Wildman–Crippen LogP) is 1.35. The van der Waals surface area contributed by atoms with Crippen LogP contribution in [0, 0.1) is 0 Å². The number of benzene rings is 2. The van der Waals surface area contributed by atoms with E-state index in [9.17, 15) is 13.2 Å². The van der Waals surface area contributed by atoms with Crippen molar-refractivity contribution in [3.63, 3.8) is 0 Å². The van der Waals surface area contributed by atoms with Crippen LogP contribution in [0.1, 0.15) is 5.56 Å². The smallest absolute Gasteiger partial charge is 0.235 e. The van der Waals surface area contributed by atoms with Gasteiger partial charge in [-0.15, -0.1) is 0 Å². The second-order valence-electron chi connectivity index (χ2n) is 5.60. The van der Waals surface area contributed by atoms with Crippen LogP contribution in [0.15, 0.2) is 48.5 Å². The molecule has 0 saturated carbocycles. The number of sulfone groups is 1. The highest BCUT2D eigenvalue weighted by Crippen LogP contribution is 2.24. The van der Waals surface area contributed by atoms with E-state index in [4.69, 9.17) is 10.5 Å². The van der Waals surface area contributed by atoms with Gasteiger partial charge < -0.3 is 15.8 Å². The minimum atomic E-state index is -3.53. The molecule has 0 aliphatic heterocycles. The lowest BCUT2D eigenvalue weighted by Crippen LogP contribution is -2.34. The summed E-state index contributed by atoms with van der Waals surface area (Å²) in [4.78, 5) is 11.5. The molecule has 7 heteroatoms. The first kappa shape index (κ1) is 19.0. The van der Waals surface area contributed by atoms with Gasteiger partial charge in [-0.05, 0) is 28.8 Å². The Bertz CT molecular complexity index is 817. The fraction of sp³-hybridized carbons (Fsp3) is 0.278. The van der Waals surface area contributed by atoms with Crippen LogP contribution in [0.5, 0.6) is 5.75 Å². The summed E-state index contributed by atoms with van der Waals surface area (Å²) in [5.41, 5.74) is 7.85. The lowest BCUT2D eigenvalue weighted by molar-refractivity contribution is -0.118. The van der Waals surface area contributed by atoms with Crippen molar-refractivity contribution in [2.75, 3.05) is 26.0 Å². The van der Waals surface area contributed by atoms with Gasteiger partial charge in [-0.2, -0.15) is 0 Å². The van der Waals surface area contributed by atoms with Crippen LogP contribution >= 0.6 is 0 Å². The summed E-state index contributed by atoms with van der Waals surface area (Å²) >= 11 is 0. The molecule has 0 aliphatic rings. The van der Waals surface area contributed by atoms with Crippen molar-refractivity contribution in [3.8, 4) is 16.9 Å². The monoisotopic (exact) mass is 362 g/mol. The zero-order valence-electron chi connectivity index (χ0n) is 14.1. The summed E-state index contributed by atoms with van der Waals surface area (Å²) in [5, 5.41) is 2.46. The first-order chi connectivity index (χ1) is 11.9. The van der Waals surface area contributed by atoms with Gasteiger partial charge in [0, 0.05) is 13.1 Å². The molecule has 0 aromatic heterocycles. The number of rotatable bonds is 8. The maximum absolute atomic E-state index is 12.1. The Morgan fingerprint density at radius 2 is 1.84 bits per heavy atom. The molecule has 0 spiro atoms. The molecule has 0 fully saturated rings. The lowest BCUT2D eigenvalue weighted by atomic mass is 10.0. The van der Waals surface area contributed by atoms with E-state index in [2.05, 4.69) is 5.32 Å². The third kappa shape index (κ3) is 5.88. The van der Waals surface area contributed by atoms with Gasteiger partial charge in [0.05, 0.1) is 12.9 Å². The van der Waals surface area contributed by atoms with E-state index in [0.717, 1.165) is 16.9 Å². The molecule has 0 saturated heterocycles. The summed E-state index contributed by atoms with van der Waals surface area (Å²) in [7, 11) is -1.92. The van der Waals surface area contributed by atoms with Crippen molar-refractivity contribution in [3.05, 3.63) is 54.1 Å². The molecule has 0 heterocycles. The molecule has 2 aromatic rings. The third-order valence-corrected chi connectivity index (χ3v) is 5.04. The second kappa shape index (κ2) is 8.64. The molecule has 25 heavy (non-hydrogen) atoms. The normalized spacial score (nSPS) is 11.1. The van der Waals surface area contributed by atoms with Crippen molar-refractivity contribution in [2.24, 2.45) is 5.73 Å². The van der Waals surface area contributed by atoms with Crippen molar-refractivity contribution in [1.82, 2.24) is 5.32 Å². The highest BCUT2D eigenvalue weighted by atomic mass is 32.2. The molecule has 6 nitrogen and oxygen atoms in total. The first-order valence-electron chi connectivity index (χ1n) is 7.84. The maximum atomic E-state index is 12.1. The Kier molecular flexibility index (Phi) is 6.55. The van der Waals surface area contributed by atoms with Crippen LogP contribution in [-0.2, 0) is 20.4 Å². The van der Waals surface area contributed by atoms with Gasteiger partial charge in [0.25, 0.3) is 0 Å². The molecule has 0 bridgehead atoms. The van der Waals surface area contributed by atoms with E-state index in [1.54, 1.807) is 19.2 Å².